The van der Waals surface area contributed by atoms with Crippen LogP contribution in [-0.4, -0.2) is 30.7 Å². The maximum atomic E-state index is 11.2. The Morgan fingerprint density at radius 3 is 2.29 bits per heavy atom. The third-order valence-corrected chi connectivity index (χ3v) is 7.01. The monoisotopic (exact) mass is 346 g/mol. The van der Waals surface area contributed by atoms with Crippen LogP contribution in [0.15, 0.2) is 37.4 Å². The first-order valence-corrected chi connectivity index (χ1v) is 9.46. The summed E-state index contributed by atoms with van der Waals surface area (Å²) >= 11 is 1.83. The summed E-state index contributed by atoms with van der Waals surface area (Å²) in [7, 11) is 3.32. The van der Waals surface area contributed by atoms with Gasteiger partial charge in [0.05, 0.1) is 19.8 Å². The lowest BCUT2D eigenvalue weighted by molar-refractivity contribution is 0.0171. The lowest BCUT2D eigenvalue weighted by Gasteiger charge is -2.37. The summed E-state index contributed by atoms with van der Waals surface area (Å²) in [5.41, 5.74) is 1.88. The molecule has 0 amide bonds. The van der Waals surface area contributed by atoms with E-state index in [1.54, 1.807) is 14.2 Å². The van der Waals surface area contributed by atoms with Crippen LogP contribution in [0.5, 0.6) is 11.5 Å². The number of fused-ring (bicyclic) bond motifs is 1. The van der Waals surface area contributed by atoms with Gasteiger partial charge in [-0.3, -0.25) is 0 Å². The molecule has 0 radical (unpaired) electrons. The highest BCUT2D eigenvalue weighted by molar-refractivity contribution is 7.99. The number of methoxy groups -OCH3 is 2. The first-order valence-electron chi connectivity index (χ1n) is 8.41. The normalized spacial score (nSPS) is 27.0. The van der Waals surface area contributed by atoms with Gasteiger partial charge in [0, 0.05) is 22.8 Å². The first-order chi connectivity index (χ1) is 11.6. The van der Waals surface area contributed by atoms with Crippen molar-refractivity contribution in [3.63, 3.8) is 0 Å². The van der Waals surface area contributed by atoms with Gasteiger partial charge in [0.25, 0.3) is 0 Å². The van der Waals surface area contributed by atoms with Gasteiger partial charge in [-0.1, -0.05) is 12.2 Å². The van der Waals surface area contributed by atoms with Gasteiger partial charge in [0.2, 0.25) is 0 Å². The fourth-order valence-electron chi connectivity index (χ4n) is 3.97. The van der Waals surface area contributed by atoms with Gasteiger partial charge in [-0.05, 0) is 42.5 Å². The number of rotatable bonds is 7. The van der Waals surface area contributed by atoms with Crippen molar-refractivity contribution in [2.75, 3.05) is 20.0 Å². The summed E-state index contributed by atoms with van der Waals surface area (Å²) < 4.78 is 10.8. The Hall–Kier alpha value is -1.39. The fourth-order valence-corrected chi connectivity index (χ4v) is 5.56. The minimum Gasteiger partial charge on any atom is -0.493 e. The predicted molar refractivity (Wildman–Crippen MR) is 100 cm³/mol. The molecule has 0 spiro atoms. The van der Waals surface area contributed by atoms with Crippen LogP contribution in [0.4, 0.5) is 0 Å². The highest BCUT2D eigenvalue weighted by Crippen LogP contribution is 2.51. The summed E-state index contributed by atoms with van der Waals surface area (Å²) in [5.74, 6) is 2.57. The van der Waals surface area contributed by atoms with Crippen LogP contribution in [-0.2, 0) is 6.42 Å². The Bertz CT molecular complexity index is 624. The zero-order valence-corrected chi connectivity index (χ0v) is 15.3. The summed E-state index contributed by atoms with van der Waals surface area (Å²) in [6.45, 7) is 7.82. The average molecular weight is 346 g/mol. The molecule has 2 aliphatic carbocycles. The van der Waals surface area contributed by atoms with Crippen LogP contribution >= 0.6 is 11.8 Å². The summed E-state index contributed by atoms with van der Waals surface area (Å²) in [5, 5.41) is 11.6. The quantitative estimate of drug-likeness (QED) is 0.752. The molecule has 0 heterocycles. The molecule has 1 aromatic carbocycles. The van der Waals surface area contributed by atoms with Gasteiger partial charge >= 0.3 is 0 Å². The second-order valence-corrected chi connectivity index (χ2v) is 7.85. The van der Waals surface area contributed by atoms with E-state index in [0.717, 1.165) is 30.8 Å². The third kappa shape index (κ3) is 2.76. The van der Waals surface area contributed by atoms with Crippen LogP contribution < -0.4 is 9.47 Å². The minimum atomic E-state index is -0.722. The zero-order chi connectivity index (χ0) is 17.3. The van der Waals surface area contributed by atoms with E-state index in [9.17, 15) is 5.11 Å². The molecule has 0 aliphatic heterocycles. The fraction of sp³-hybridized carbons (Fsp3) is 0.500. The molecule has 3 nitrogen and oxygen atoms in total. The summed E-state index contributed by atoms with van der Waals surface area (Å²) in [6.07, 6.45) is 6.81. The van der Waals surface area contributed by atoms with Gasteiger partial charge in [-0.2, -0.15) is 11.8 Å². The lowest BCUT2D eigenvalue weighted by atomic mass is 9.86. The predicted octanol–water partition coefficient (Wildman–Crippen LogP) is 4.16. The van der Waals surface area contributed by atoms with Crippen LogP contribution in [0.3, 0.4) is 0 Å². The van der Waals surface area contributed by atoms with Gasteiger partial charge in [-0.15, -0.1) is 13.2 Å². The molecule has 0 bridgehead atoms. The van der Waals surface area contributed by atoms with E-state index in [1.165, 1.54) is 11.1 Å². The van der Waals surface area contributed by atoms with Crippen molar-refractivity contribution in [2.24, 2.45) is 11.8 Å². The maximum Gasteiger partial charge on any atom is 0.161 e. The smallest absolute Gasteiger partial charge is 0.161 e. The van der Waals surface area contributed by atoms with Crippen LogP contribution in [0.25, 0.3) is 0 Å². The van der Waals surface area contributed by atoms with Gasteiger partial charge in [0.15, 0.2) is 11.5 Å². The molecule has 1 unspecified atom stereocenters. The van der Waals surface area contributed by atoms with Crippen LogP contribution in [0.2, 0.25) is 0 Å². The van der Waals surface area contributed by atoms with Crippen molar-refractivity contribution in [1.29, 1.82) is 0 Å². The zero-order valence-electron chi connectivity index (χ0n) is 14.5. The Morgan fingerprint density at radius 1 is 1.17 bits per heavy atom. The lowest BCUT2D eigenvalue weighted by Crippen LogP contribution is -2.41. The van der Waals surface area contributed by atoms with Crippen molar-refractivity contribution in [3.8, 4) is 11.5 Å². The van der Waals surface area contributed by atoms with Gasteiger partial charge < -0.3 is 14.6 Å². The molecule has 4 heteroatoms. The highest BCUT2D eigenvalue weighted by atomic mass is 32.2. The van der Waals surface area contributed by atoms with Crippen molar-refractivity contribution in [3.05, 3.63) is 48.6 Å². The van der Waals surface area contributed by atoms with Crippen molar-refractivity contribution in [2.45, 2.75) is 30.1 Å². The Labute approximate surface area is 148 Å². The molecule has 3 rings (SSSR count). The second-order valence-electron chi connectivity index (χ2n) is 6.66. The molecular weight excluding hydrogens is 320 g/mol. The number of hydrogen-bond donors (Lipinski definition) is 1. The second kappa shape index (κ2) is 6.85. The van der Waals surface area contributed by atoms with Gasteiger partial charge in [0.1, 0.15) is 0 Å². The maximum absolute atomic E-state index is 11.2. The number of hydrogen-bond acceptors (Lipinski definition) is 4. The van der Waals surface area contributed by atoms with Gasteiger partial charge in [-0.25, -0.2) is 0 Å². The number of benzene rings is 1. The molecule has 3 atom stereocenters. The SMILES string of the molecule is C=C[C@@H]1CC[C@@H](C=C)C1(O)CSC1Cc2cc(OC)c(OC)cc21. The Kier molecular flexibility index (Phi) is 4.97. The molecular formula is C20H26O3S. The van der Waals surface area contributed by atoms with E-state index in [4.69, 9.17) is 9.47 Å². The molecule has 0 saturated heterocycles. The largest absolute Gasteiger partial charge is 0.493 e. The van der Waals surface area contributed by atoms with Crippen molar-refractivity contribution >= 4 is 11.8 Å². The molecule has 1 saturated carbocycles. The molecule has 1 aromatic rings. The molecule has 2 aliphatic rings. The van der Waals surface area contributed by atoms with Crippen molar-refractivity contribution in [1.82, 2.24) is 0 Å². The third-order valence-electron chi connectivity index (χ3n) is 5.56. The number of thioether (sulfide) groups is 1. The van der Waals surface area contributed by atoms with E-state index in [1.807, 2.05) is 23.9 Å². The standard InChI is InChI=1S/C20H26O3S/c1-5-14-7-8-15(6-2)20(14,21)12-24-19-10-13-9-17(22-3)18(23-4)11-16(13)19/h5-6,9,11,14-15,19,21H,1-2,7-8,10,12H2,3-4H3/t14-,15-,19?/m1/s1. The van der Waals surface area contributed by atoms with E-state index in [2.05, 4.69) is 25.3 Å². The molecule has 0 aromatic heterocycles. The molecule has 1 fully saturated rings. The van der Waals surface area contributed by atoms with Crippen molar-refractivity contribution < 1.29 is 14.6 Å². The van der Waals surface area contributed by atoms with E-state index in [0.29, 0.717) is 11.0 Å². The van der Waals surface area contributed by atoms with E-state index >= 15 is 0 Å². The highest BCUT2D eigenvalue weighted by Gasteiger charge is 2.47. The minimum absolute atomic E-state index is 0.151. The molecule has 24 heavy (non-hydrogen) atoms. The Balaban J connectivity index is 1.72. The number of ether oxygens (including phenoxy) is 2. The average Bonchev–Trinajstić information content (AvgIpc) is 2.91. The topological polar surface area (TPSA) is 38.7 Å². The van der Waals surface area contributed by atoms with E-state index in [-0.39, 0.29) is 11.8 Å². The summed E-state index contributed by atoms with van der Waals surface area (Å²) in [4.78, 5) is 0. The summed E-state index contributed by atoms with van der Waals surface area (Å²) in [6, 6.07) is 4.14. The Morgan fingerprint density at radius 2 is 1.75 bits per heavy atom. The molecule has 1 N–H and O–H groups in total. The van der Waals surface area contributed by atoms with E-state index < -0.39 is 5.60 Å². The van der Waals surface area contributed by atoms with Crippen LogP contribution in [0, 0.1) is 11.8 Å². The van der Waals surface area contributed by atoms with Crippen LogP contribution in [0.1, 0.15) is 29.2 Å². The first kappa shape index (κ1) is 17.4. The number of aliphatic hydroxyl groups is 1. The molecule has 130 valence electrons.